The maximum atomic E-state index is 12.6. The molecule has 2 atom stereocenters. The van der Waals surface area contributed by atoms with E-state index in [1.165, 1.54) is 11.1 Å². The van der Waals surface area contributed by atoms with Gasteiger partial charge in [-0.15, -0.1) is 0 Å². The second-order valence-corrected chi connectivity index (χ2v) is 8.60. The molecule has 1 heterocycles. The van der Waals surface area contributed by atoms with Crippen molar-refractivity contribution < 1.29 is 14.3 Å². The largest absolute Gasteiger partial charge is 0.481 e. The van der Waals surface area contributed by atoms with Crippen molar-refractivity contribution in [2.75, 3.05) is 6.54 Å². The number of fused-ring (bicyclic) bond motifs is 1. The van der Waals surface area contributed by atoms with E-state index in [-0.39, 0.29) is 17.9 Å². The number of carbonyl (C=O) groups excluding carboxylic acids is 2. The molecule has 0 aromatic heterocycles. The van der Waals surface area contributed by atoms with Gasteiger partial charge in [0.25, 0.3) is 5.91 Å². The second kappa shape index (κ2) is 9.90. The fourth-order valence-corrected chi connectivity index (χ4v) is 4.30. The van der Waals surface area contributed by atoms with Crippen LogP contribution in [0, 0.1) is 6.92 Å². The zero-order chi connectivity index (χ0) is 23.4. The number of carbonyl (C=O) groups is 2. The summed E-state index contributed by atoms with van der Waals surface area (Å²) in [7, 11) is 0. The van der Waals surface area contributed by atoms with E-state index >= 15 is 0 Å². The van der Waals surface area contributed by atoms with Gasteiger partial charge in [-0.3, -0.25) is 9.59 Å². The summed E-state index contributed by atoms with van der Waals surface area (Å²) >= 11 is 0. The molecule has 33 heavy (non-hydrogen) atoms. The zero-order valence-corrected chi connectivity index (χ0v) is 19.4. The normalized spacial score (nSPS) is 16.0. The average molecular weight is 443 g/mol. The lowest BCUT2D eigenvalue weighted by molar-refractivity contribution is -0.131. The highest BCUT2D eigenvalue weighted by atomic mass is 16.5. The Labute approximate surface area is 195 Å². The molecule has 0 bridgehead atoms. The van der Waals surface area contributed by atoms with E-state index in [2.05, 4.69) is 42.6 Å². The van der Waals surface area contributed by atoms with E-state index in [1.54, 1.807) is 13.8 Å². The molecule has 3 aromatic carbocycles. The Hall–Kier alpha value is -3.60. The Kier molecular flexibility index (Phi) is 6.78. The first-order valence-electron chi connectivity index (χ1n) is 11.4. The summed E-state index contributed by atoms with van der Waals surface area (Å²) < 4.78 is 6.01. The number of nitrogens with zero attached hydrogens (tertiary/aromatic N) is 1. The van der Waals surface area contributed by atoms with Crippen molar-refractivity contribution in [1.82, 2.24) is 10.2 Å². The Bertz CT molecular complexity index is 1130. The van der Waals surface area contributed by atoms with Crippen LogP contribution in [0.3, 0.4) is 0 Å². The minimum Gasteiger partial charge on any atom is -0.481 e. The van der Waals surface area contributed by atoms with Gasteiger partial charge in [0.2, 0.25) is 5.91 Å². The highest BCUT2D eigenvalue weighted by molar-refractivity contribution is 5.80. The van der Waals surface area contributed by atoms with Crippen molar-refractivity contribution in [2.24, 2.45) is 0 Å². The van der Waals surface area contributed by atoms with Gasteiger partial charge in [0.1, 0.15) is 5.75 Å². The highest BCUT2D eigenvalue weighted by Crippen LogP contribution is 2.37. The number of rotatable bonds is 6. The van der Waals surface area contributed by atoms with Gasteiger partial charge in [-0.2, -0.15) is 0 Å². The van der Waals surface area contributed by atoms with Crippen LogP contribution in [-0.2, 0) is 22.6 Å². The molecule has 0 saturated carbocycles. The van der Waals surface area contributed by atoms with E-state index in [4.69, 9.17) is 4.74 Å². The lowest BCUT2D eigenvalue weighted by Gasteiger charge is -2.37. The van der Waals surface area contributed by atoms with E-state index in [0.717, 1.165) is 23.1 Å². The van der Waals surface area contributed by atoms with E-state index in [9.17, 15) is 9.59 Å². The van der Waals surface area contributed by atoms with Crippen LogP contribution in [0.15, 0.2) is 72.8 Å². The van der Waals surface area contributed by atoms with Crippen LogP contribution in [0.1, 0.15) is 47.7 Å². The Balaban J connectivity index is 1.54. The molecule has 1 aliphatic heterocycles. The van der Waals surface area contributed by atoms with Crippen LogP contribution in [0.4, 0.5) is 0 Å². The molecule has 5 nitrogen and oxygen atoms in total. The van der Waals surface area contributed by atoms with E-state index < -0.39 is 6.10 Å². The zero-order valence-electron chi connectivity index (χ0n) is 19.4. The topological polar surface area (TPSA) is 58.6 Å². The number of aryl methyl sites for hydroxylation is 1. The van der Waals surface area contributed by atoms with Gasteiger partial charge in [-0.1, -0.05) is 66.2 Å². The summed E-state index contributed by atoms with van der Waals surface area (Å²) in [4.78, 5) is 26.9. The van der Waals surface area contributed by atoms with Crippen molar-refractivity contribution >= 4 is 11.8 Å². The summed E-state index contributed by atoms with van der Waals surface area (Å²) in [6, 6.07) is 23.9. The van der Waals surface area contributed by atoms with Crippen LogP contribution < -0.4 is 10.1 Å². The number of amides is 2. The van der Waals surface area contributed by atoms with Gasteiger partial charge < -0.3 is 15.0 Å². The third-order valence-corrected chi connectivity index (χ3v) is 6.13. The van der Waals surface area contributed by atoms with Crippen LogP contribution in [0.2, 0.25) is 0 Å². The number of hydrogen-bond donors (Lipinski definition) is 1. The molecular weight excluding hydrogens is 412 g/mol. The molecule has 0 saturated heterocycles. The van der Waals surface area contributed by atoms with Crippen molar-refractivity contribution in [3.05, 3.63) is 101 Å². The molecule has 2 unspecified atom stereocenters. The van der Waals surface area contributed by atoms with E-state index in [1.807, 2.05) is 47.4 Å². The minimum atomic E-state index is -0.642. The number of nitrogens with one attached hydrogen (secondary N) is 1. The van der Waals surface area contributed by atoms with Gasteiger partial charge in [0.15, 0.2) is 6.10 Å². The number of hydrogen-bond acceptors (Lipinski definition) is 3. The quantitative estimate of drug-likeness (QED) is 0.608. The van der Waals surface area contributed by atoms with Crippen molar-refractivity contribution in [2.45, 2.75) is 45.9 Å². The number of ether oxygens (including phenoxy) is 1. The molecule has 0 fully saturated rings. The molecule has 5 heteroatoms. The van der Waals surface area contributed by atoms with E-state index in [0.29, 0.717) is 18.8 Å². The molecule has 0 aliphatic carbocycles. The molecule has 1 N–H and O–H groups in total. The summed E-state index contributed by atoms with van der Waals surface area (Å²) in [5.41, 5.74) is 5.54. The fourth-order valence-electron chi connectivity index (χ4n) is 4.30. The van der Waals surface area contributed by atoms with Crippen molar-refractivity contribution in [3.8, 4) is 5.75 Å². The standard InChI is InChI=1S/C28H30N2O3/c1-19-9-11-24(12-10-19)27-26-17-25(14-13-23(26)15-16-30(27)21(3)31)33-20(2)28(32)29-18-22-7-5-4-6-8-22/h4-14,17,20,27H,15-16,18H2,1-3H3,(H,29,32). The highest BCUT2D eigenvalue weighted by Gasteiger charge is 2.31. The summed E-state index contributed by atoms with van der Waals surface area (Å²) in [6.45, 7) is 6.56. The first-order chi connectivity index (χ1) is 15.9. The summed E-state index contributed by atoms with van der Waals surface area (Å²) in [5.74, 6) is 0.502. The third-order valence-electron chi connectivity index (χ3n) is 6.13. The van der Waals surface area contributed by atoms with Gasteiger partial charge in [0, 0.05) is 20.0 Å². The molecule has 0 spiro atoms. The van der Waals surface area contributed by atoms with Crippen molar-refractivity contribution in [1.29, 1.82) is 0 Å². The SMILES string of the molecule is CC(=O)N1CCc2ccc(OC(C)C(=O)NCc3ccccc3)cc2C1c1ccc(C)cc1. The summed E-state index contributed by atoms with van der Waals surface area (Å²) in [5, 5.41) is 2.93. The Morgan fingerprint density at radius 2 is 1.79 bits per heavy atom. The molecule has 1 aliphatic rings. The van der Waals surface area contributed by atoms with Crippen LogP contribution >= 0.6 is 0 Å². The van der Waals surface area contributed by atoms with Crippen LogP contribution in [0.5, 0.6) is 5.75 Å². The van der Waals surface area contributed by atoms with Crippen LogP contribution in [-0.4, -0.2) is 29.4 Å². The van der Waals surface area contributed by atoms with Crippen LogP contribution in [0.25, 0.3) is 0 Å². The first-order valence-corrected chi connectivity index (χ1v) is 11.4. The lowest BCUT2D eigenvalue weighted by atomic mass is 9.87. The second-order valence-electron chi connectivity index (χ2n) is 8.60. The predicted octanol–water partition coefficient (Wildman–Crippen LogP) is 4.57. The van der Waals surface area contributed by atoms with Crippen molar-refractivity contribution in [3.63, 3.8) is 0 Å². The molecule has 170 valence electrons. The first kappa shape index (κ1) is 22.6. The molecular formula is C28H30N2O3. The smallest absolute Gasteiger partial charge is 0.261 e. The lowest BCUT2D eigenvalue weighted by Crippen LogP contribution is -2.39. The monoisotopic (exact) mass is 442 g/mol. The number of benzene rings is 3. The minimum absolute atomic E-state index is 0.0474. The maximum Gasteiger partial charge on any atom is 0.261 e. The Morgan fingerprint density at radius 3 is 2.48 bits per heavy atom. The van der Waals surface area contributed by atoms with Gasteiger partial charge in [-0.25, -0.2) is 0 Å². The van der Waals surface area contributed by atoms with Gasteiger partial charge in [-0.05, 0) is 54.7 Å². The molecule has 2 amide bonds. The molecule has 0 radical (unpaired) electrons. The summed E-state index contributed by atoms with van der Waals surface area (Å²) in [6.07, 6.45) is 0.155. The molecule has 4 rings (SSSR count). The third kappa shape index (κ3) is 5.25. The molecule has 3 aromatic rings. The van der Waals surface area contributed by atoms with Gasteiger partial charge in [0.05, 0.1) is 6.04 Å². The maximum absolute atomic E-state index is 12.6. The van der Waals surface area contributed by atoms with Gasteiger partial charge >= 0.3 is 0 Å². The average Bonchev–Trinajstić information content (AvgIpc) is 2.83. The Morgan fingerprint density at radius 1 is 1.06 bits per heavy atom. The predicted molar refractivity (Wildman–Crippen MR) is 129 cm³/mol. The fraction of sp³-hybridized carbons (Fsp3) is 0.286.